The fraction of sp³-hybridized carbons (Fsp3) is 0.933. The second-order valence-electron chi connectivity index (χ2n) is 6.71. The predicted molar refractivity (Wildman–Crippen MR) is 74.3 cm³/mol. The standard InChI is InChI=1S/C15H29NO2/c1-6-7-8-9-10-18-16-14(2,3)11-13(17)12-15(16,4)5/h6-12H2,1-5H3. The van der Waals surface area contributed by atoms with Crippen molar-refractivity contribution in [1.29, 1.82) is 0 Å². The minimum atomic E-state index is -0.191. The topological polar surface area (TPSA) is 29.5 Å². The average Bonchev–Trinajstić information content (AvgIpc) is 2.18. The maximum Gasteiger partial charge on any atom is 0.136 e. The Labute approximate surface area is 112 Å². The van der Waals surface area contributed by atoms with Crippen LogP contribution in [0.4, 0.5) is 0 Å². The molecule has 106 valence electrons. The summed E-state index contributed by atoms with van der Waals surface area (Å²) >= 11 is 0. The van der Waals surface area contributed by atoms with Crippen molar-refractivity contribution in [1.82, 2.24) is 5.06 Å². The second kappa shape index (κ2) is 6.16. The molecule has 3 nitrogen and oxygen atoms in total. The molecule has 1 aliphatic heterocycles. The van der Waals surface area contributed by atoms with Crippen LogP contribution in [0.2, 0.25) is 0 Å². The monoisotopic (exact) mass is 255 g/mol. The highest BCUT2D eigenvalue weighted by atomic mass is 16.7. The molecule has 0 bridgehead atoms. The van der Waals surface area contributed by atoms with Gasteiger partial charge in [-0.3, -0.25) is 9.63 Å². The van der Waals surface area contributed by atoms with Gasteiger partial charge in [0.2, 0.25) is 0 Å². The molecular weight excluding hydrogens is 226 g/mol. The van der Waals surface area contributed by atoms with E-state index >= 15 is 0 Å². The van der Waals surface area contributed by atoms with E-state index in [1.807, 2.05) is 0 Å². The fourth-order valence-corrected chi connectivity index (χ4v) is 3.02. The summed E-state index contributed by atoms with van der Waals surface area (Å²) in [6, 6.07) is 0. The van der Waals surface area contributed by atoms with E-state index in [1.54, 1.807) is 0 Å². The summed E-state index contributed by atoms with van der Waals surface area (Å²) in [5.74, 6) is 0.343. The van der Waals surface area contributed by atoms with Crippen molar-refractivity contribution in [3.05, 3.63) is 0 Å². The number of hydroxylamine groups is 2. The summed E-state index contributed by atoms with van der Waals surface area (Å²) < 4.78 is 0. The van der Waals surface area contributed by atoms with E-state index in [4.69, 9.17) is 4.84 Å². The minimum Gasteiger partial charge on any atom is -0.300 e. The van der Waals surface area contributed by atoms with Crippen molar-refractivity contribution >= 4 is 5.78 Å². The lowest BCUT2D eigenvalue weighted by Crippen LogP contribution is -2.60. The van der Waals surface area contributed by atoms with E-state index < -0.39 is 0 Å². The van der Waals surface area contributed by atoms with Gasteiger partial charge in [0.25, 0.3) is 0 Å². The summed E-state index contributed by atoms with van der Waals surface area (Å²) in [6.45, 7) is 11.4. The molecule has 0 saturated carbocycles. The Kier molecular flexibility index (Phi) is 5.35. The Balaban J connectivity index is 2.52. The highest BCUT2D eigenvalue weighted by Crippen LogP contribution is 2.36. The van der Waals surface area contributed by atoms with Crippen molar-refractivity contribution in [3.63, 3.8) is 0 Å². The summed E-state index contributed by atoms with van der Waals surface area (Å²) in [7, 11) is 0. The zero-order valence-corrected chi connectivity index (χ0v) is 12.7. The van der Waals surface area contributed by atoms with Gasteiger partial charge in [0.15, 0.2) is 0 Å². The number of carbonyl (C=O) groups is 1. The lowest BCUT2D eigenvalue weighted by molar-refractivity contribution is -0.275. The van der Waals surface area contributed by atoms with Crippen LogP contribution < -0.4 is 0 Å². The number of Topliss-reactive ketones (excluding diaryl/α,β-unsaturated/α-hetero) is 1. The number of piperidine rings is 1. The Morgan fingerprint density at radius 2 is 1.61 bits per heavy atom. The van der Waals surface area contributed by atoms with Crippen LogP contribution in [-0.4, -0.2) is 28.5 Å². The van der Waals surface area contributed by atoms with Crippen molar-refractivity contribution in [2.24, 2.45) is 0 Å². The molecule has 0 aliphatic carbocycles. The Bertz CT molecular complexity index is 264. The molecule has 1 heterocycles. The molecule has 1 saturated heterocycles. The van der Waals surface area contributed by atoms with Crippen LogP contribution in [0.25, 0.3) is 0 Å². The number of hydrogen-bond acceptors (Lipinski definition) is 3. The molecule has 0 spiro atoms. The lowest BCUT2D eigenvalue weighted by Gasteiger charge is -2.50. The summed E-state index contributed by atoms with van der Waals surface area (Å²) in [5.41, 5.74) is -0.382. The Morgan fingerprint density at radius 1 is 1.06 bits per heavy atom. The van der Waals surface area contributed by atoms with E-state index in [2.05, 4.69) is 39.7 Å². The zero-order chi connectivity index (χ0) is 13.8. The lowest BCUT2D eigenvalue weighted by atomic mass is 9.81. The van der Waals surface area contributed by atoms with Crippen molar-refractivity contribution in [2.75, 3.05) is 6.61 Å². The molecule has 0 radical (unpaired) electrons. The molecule has 0 amide bonds. The molecule has 0 aromatic carbocycles. The van der Waals surface area contributed by atoms with Gasteiger partial charge in [-0.2, -0.15) is 5.06 Å². The highest BCUT2D eigenvalue weighted by Gasteiger charge is 2.45. The van der Waals surface area contributed by atoms with Crippen LogP contribution in [-0.2, 0) is 9.63 Å². The highest BCUT2D eigenvalue weighted by molar-refractivity contribution is 5.81. The zero-order valence-electron chi connectivity index (χ0n) is 12.7. The molecule has 0 N–H and O–H groups in total. The summed E-state index contributed by atoms with van der Waals surface area (Å²) in [5, 5.41) is 2.06. The van der Waals surface area contributed by atoms with E-state index in [0.717, 1.165) is 13.0 Å². The SMILES string of the molecule is CCCCCCON1C(C)(C)CC(=O)CC1(C)C. The average molecular weight is 255 g/mol. The third-order valence-corrected chi connectivity index (χ3v) is 3.58. The third-order valence-electron chi connectivity index (χ3n) is 3.58. The van der Waals surface area contributed by atoms with Crippen molar-refractivity contribution in [2.45, 2.75) is 84.2 Å². The molecule has 1 rings (SSSR count). The smallest absolute Gasteiger partial charge is 0.136 e. The summed E-state index contributed by atoms with van der Waals surface area (Å²) in [6.07, 6.45) is 6.02. The van der Waals surface area contributed by atoms with E-state index in [1.165, 1.54) is 19.3 Å². The van der Waals surface area contributed by atoms with Gasteiger partial charge >= 0.3 is 0 Å². The van der Waals surface area contributed by atoms with Gasteiger partial charge in [0.1, 0.15) is 5.78 Å². The number of rotatable bonds is 6. The van der Waals surface area contributed by atoms with Gasteiger partial charge in [-0.15, -0.1) is 0 Å². The van der Waals surface area contributed by atoms with Gasteiger partial charge in [-0.1, -0.05) is 26.2 Å². The maximum atomic E-state index is 11.8. The van der Waals surface area contributed by atoms with Gasteiger partial charge in [-0.25, -0.2) is 0 Å². The van der Waals surface area contributed by atoms with Gasteiger partial charge in [0.05, 0.1) is 6.61 Å². The molecular formula is C15H29NO2. The van der Waals surface area contributed by atoms with Crippen LogP contribution in [0.15, 0.2) is 0 Å². The number of carbonyl (C=O) groups excluding carboxylic acids is 1. The van der Waals surface area contributed by atoms with Gasteiger partial charge < -0.3 is 0 Å². The van der Waals surface area contributed by atoms with E-state index in [9.17, 15) is 4.79 Å². The first-order valence-corrected chi connectivity index (χ1v) is 7.24. The molecule has 0 unspecified atom stereocenters. The Hall–Kier alpha value is -0.410. The first kappa shape index (κ1) is 15.6. The first-order valence-electron chi connectivity index (χ1n) is 7.24. The van der Waals surface area contributed by atoms with Gasteiger partial charge in [0, 0.05) is 23.9 Å². The molecule has 0 aromatic heterocycles. The van der Waals surface area contributed by atoms with Crippen LogP contribution in [0.3, 0.4) is 0 Å². The molecule has 1 aliphatic rings. The van der Waals surface area contributed by atoms with Crippen LogP contribution >= 0.6 is 0 Å². The molecule has 1 fully saturated rings. The minimum absolute atomic E-state index is 0.191. The van der Waals surface area contributed by atoms with E-state index in [0.29, 0.717) is 18.6 Å². The molecule has 0 aromatic rings. The molecule has 18 heavy (non-hydrogen) atoms. The summed E-state index contributed by atoms with van der Waals surface area (Å²) in [4.78, 5) is 17.8. The molecule has 0 atom stereocenters. The number of nitrogens with zero attached hydrogens (tertiary/aromatic N) is 1. The van der Waals surface area contributed by atoms with E-state index in [-0.39, 0.29) is 11.1 Å². The molecule has 3 heteroatoms. The van der Waals surface area contributed by atoms with Crippen LogP contribution in [0, 0.1) is 0 Å². The normalized spacial score (nSPS) is 23.3. The van der Waals surface area contributed by atoms with Gasteiger partial charge in [-0.05, 0) is 34.1 Å². The number of unbranched alkanes of at least 4 members (excludes halogenated alkanes) is 3. The van der Waals surface area contributed by atoms with Crippen molar-refractivity contribution < 1.29 is 9.63 Å². The van der Waals surface area contributed by atoms with Crippen LogP contribution in [0.5, 0.6) is 0 Å². The number of hydrogen-bond donors (Lipinski definition) is 0. The predicted octanol–water partition coefficient (Wildman–Crippen LogP) is 3.72. The second-order valence-corrected chi connectivity index (χ2v) is 6.71. The maximum absolute atomic E-state index is 11.8. The van der Waals surface area contributed by atoms with Crippen molar-refractivity contribution in [3.8, 4) is 0 Å². The largest absolute Gasteiger partial charge is 0.300 e. The van der Waals surface area contributed by atoms with Crippen LogP contribution in [0.1, 0.15) is 73.1 Å². The Morgan fingerprint density at radius 3 is 2.11 bits per heavy atom. The number of ketones is 1. The first-order chi connectivity index (χ1) is 8.29. The fourth-order valence-electron chi connectivity index (χ4n) is 3.02. The third kappa shape index (κ3) is 4.06. The quantitative estimate of drug-likeness (QED) is 0.677.